The van der Waals surface area contributed by atoms with Crippen molar-refractivity contribution in [2.24, 2.45) is 0 Å². The van der Waals surface area contributed by atoms with Crippen LogP contribution in [0.1, 0.15) is 31.2 Å². The van der Waals surface area contributed by atoms with Crippen molar-refractivity contribution < 1.29 is 10.2 Å². The van der Waals surface area contributed by atoms with Gasteiger partial charge in [-0.3, -0.25) is 0 Å². The molecule has 0 radical (unpaired) electrons. The van der Waals surface area contributed by atoms with Crippen molar-refractivity contribution in [1.29, 1.82) is 0 Å². The van der Waals surface area contributed by atoms with E-state index < -0.39 is 0 Å². The molecule has 128 valence electrons. The van der Waals surface area contributed by atoms with Gasteiger partial charge in [0.2, 0.25) is 5.88 Å². The third-order valence-corrected chi connectivity index (χ3v) is 5.56. The summed E-state index contributed by atoms with van der Waals surface area (Å²) >= 11 is 0. The number of anilines is 1. The lowest BCUT2D eigenvalue weighted by Gasteiger charge is -2.41. The van der Waals surface area contributed by atoms with E-state index in [9.17, 15) is 5.11 Å². The summed E-state index contributed by atoms with van der Waals surface area (Å²) in [6.07, 6.45) is 7.48. The molecule has 2 aromatic rings. The number of benzene rings is 1. The molecular weight excluding hydrogens is 302 g/mol. The molecule has 3 N–H and O–H groups in total. The maximum Gasteiger partial charge on any atom is 0.218 e. The van der Waals surface area contributed by atoms with Gasteiger partial charge < -0.3 is 20.4 Å². The largest absolute Gasteiger partial charge is 0.493 e. The van der Waals surface area contributed by atoms with Crippen LogP contribution in [0.3, 0.4) is 0 Å². The van der Waals surface area contributed by atoms with Crippen LogP contribution in [0.25, 0.3) is 10.8 Å². The Morgan fingerprint density at radius 3 is 2.83 bits per heavy atom. The normalized spacial score (nSPS) is 23.6. The Balaban J connectivity index is 1.58. The number of rotatable bonds is 4. The van der Waals surface area contributed by atoms with Crippen molar-refractivity contribution in [2.75, 3.05) is 24.6 Å². The molecule has 0 amide bonds. The first-order valence-corrected chi connectivity index (χ1v) is 8.98. The summed E-state index contributed by atoms with van der Waals surface area (Å²) in [6.45, 7) is 1.93. The van der Waals surface area contributed by atoms with Gasteiger partial charge in [-0.2, -0.15) is 0 Å². The van der Waals surface area contributed by atoms with E-state index >= 15 is 0 Å². The van der Waals surface area contributed by atoms with E-state index in [1.165, 1.54) is 29.5 Å². The summed E-state index contributed by atoms with van der Waals surface area (Å²) < 4.78 is 0. The van der Waals surface area contributed by atoms with Crippen LogP contribution in [-0.4, -0.2) is 47.0 Å². The molecule has 0 saturated heterocycles. The number of aliphatic hydroxyl groups excluding tert-OH is 1. The second-order valence-electron chi connectivity index (χ2n) is 6.93. The number of aromatic hydroxyl groups is 1. The molecule has 1 aromatic heterocycles. The molecule has 0 spiro atoms. The first-order valence-electron chi connectivity index (χ1n) is 8.98. The summed E-state index contributed by atoms with van der Waals surface area (Å²) in [6, 6.07) is 7.26. The standard InChI is InChI=1S/C19H25N3O2/c23-11-9-20-14-4-6-15(7-5-14)22-10-8-13-12-21-19(24)16-2-1-3-17(22)18(13)16/h1-3,12,14-15,20,23H,4-11H2,(H,21,24). The van der Waals surface area contributed by atoms with Crippen molar-refractivity contribution in [1.82, 2.24) is 10.3 Å². The lowest BCUT2D eigenvalue weighted by atomic mass is 9.88. The maximum absolute atomic E-state index is 10.1. The molecule has 1 aliphatic carbocycles. The minimum Gasteiger partial charge on any atom is -0.493 e. The molecule has 0 atom stereocenters. The topological polar surface area (TPSA) is 68.6 Å². The van der Waals surface area contributed by atoms with Crippen LogP contribution in [0.5, 0.6) is 5.88 Å². The number of hydrogen-bond acceptors (Lipinski definition) is 5. The van der Waals surface area contributed by atoms with Gasteiger partial charge in [0.05, 0.1) is 6.61 Å². The van der Waals surface area contributed by atoms with Gasteiger partial charge >= 0.3 is 0 Å². The monoisotopic (exact) mass is 327 g/mol. The van der Waals surface area contributed by atoms with Crippen LogP contribution in [0.4, 0.5) is 5.69 Å². The smallest absolute Gasteiger partial charge is 0.218 e. The molecular formula is C19H25N3O2. The molecule has 1 aliphatic heterocycles. The van der Waals surface area contributed by atoms with E-state index in [4.69, 9.17) is 5.11 Å². The van der Waals surface area contributed by atoms with Crippen molar-refractivity contribution in [3.05, 3.63) is 30.0 Å². The Hall–Kier alpha value is -1.85. The molecule has 24 heavy (non-hydrogen) atoms. The van der Waals surface area contributed by atoms with Crippen molar-refractivity contribution >= 4 is 16.5 Å². The average molecular weight is 327 g/mol. The highest BCUT2D eigenvalue weighted by molar-refractivity contribution is 6.00. The summed E-state index contributed by atoms with van der Waals surface area (Å²) in [4.78, 5) is 6.68. The molecule has 0 bridgehead atoms. The van der Waals surface area contributed by atoms with Crippen LogP contribution in [0.2, 0.25) is 0 Å². The molecule has 4 rings (SSSR count). The first-order chi connectivity index (χ1) is 11.8. The van der Waals surface area contributed by atoms with Gasteiger partial charge in [-0.15, -0.1) is 0 Å². The summed E-state index contributed by atoms with van der Waals surface area (Å²) in [7, 11) is 0. The van der Waals surface area contributed by atoms with Gasteiger partial charge in [0, 0.05) is 47.8 Å². The van der Waals surface area contributed by atoms with Gasteiger partial charge in [-0.05, 0) is 49.8 Å². The number of nitrogens with zero attached hydrogens (tertiary/aromatic N) is 2. The van der Waals surface area contributed by atoms with Crippen LogP contribution < -0.4 is 10.2 Å². The van der Waals surface area contributed by atoms with Crippen LogP contribution in [0, 0.1) is 0 Å². The Kier molecular flexibility index (Phi) is 4.29. The zero-order chi connectivity index (χ0) is 16.5. The highest BCUT2D eigenvalue weighted by atomic mass is 16.3. The van der Waals surface area contributed by atoms with Gasteiger partial charge in [0.1, 0.15) is 0 Å². The maximum atomic E-state index is 10.1. The van der Waals surface area contributed by atoms with Crippen LogP contribution in [-0.2, 0) is 6.42 Å². The number of hydrogen-bond donors (Lipinski definition) is 3. The second kappa shape index (κ2) is 6.57. The molecule has 1 aromatic carbocycles. The molecule has 2 aliphatic rings. The first kappa shape index (κ1) is 15.7. The minimum atomic E-state index is 0.134. The van der Waals surface area contributed by atoms with E-state index in [-0.39, 0.29) is 12.5 Å². The van der Waals surface area contributed by atoms with Gasteiger partial charge in [-0.25, -0.2) is 4.98 Å². The van der Waals surface area contributed by atoms with Crippen molar-refractivity contribution in [3.8, 4) is 5.88 Å². The van der Waals surface area contributed by atoms with E-state index in [2.05, 4.69) is 21.3 Å². The summed E-state index contributed by atoms with van der Waals surface area (Å²) in [5.41, 5.74) is 2.49. The highest BCUT2D eigenvalue weighted by Crippen LogP contribution is 2.39. The number of aromatic nitrogens is 1. The van der Waals surface area contributed by atoms with E-state index in [0.29, 0.717) is 18.6 Å². The minimum absolute atomic E-state index is 0.134. The highest BCUT2D eigenvalue weighted by Gasteiger charge is 2.29. The number of nitrogens with one attached hydrogen (secondary N) is 1. The Labute approximate surface area is 142 Å². The van der Waals surface area contributed by atoms with Crippen LogP contribution >= 0.6 is 0 Å². The fourth-order valence-electron chi connectivity index (χ4n) is 4.37. The molecule has 5 nitrogen and oxygen atoms in total. The number of pyridine rings is 1. The third-order valence-electron chi connectivity index (χ3n) is 5.56. The molecule has 1 saturated carbocycles. The summed E-state index contributed by atoms with van der Waals surface area (Å²) in [5, 5.41) is 24.5. The summed E-state index contributed by atoms with van der Waals surface area (Å²) in [5.74, 6) is 0.134. The third kappa shape index (κ3) is 2.72. The predicted octanol–water partition coefficient (Wildman–Crippen LogP) is 2.20. The number of aliphatic hydroxyl groups is 1. The fourth-order valence-corrected chi connectivity index (χ4v) is 4.37. The van der Waals surface area contributed by atoms with E-state index in [1.807, 2.05) is 18.3 Å². The zero-order valence-electron chi connectivity index (χ0n) is 13.9. The SMILES string of the molecule is OCCNC1CCC(N2CCc3cnc(O)c4cccc2c34)CC1. The van der Waals surface area contributed by atoms with Gasteiger partial charge in [0.15, 0.2) is 0 Å². The Bertz CT molecular complexity index is 726. The van der Waals surface area contributed by atoms with Gasteiger partial charge in [-0.1, -0.05) is 6.07 Å². The lowest BCUT2D eigenvalue weighted by Crippen LogP contribution is -2.44. The van der Waals surface area contributed by atoms with Gasteiger partial charge in [0.25, 0.3) is 0 Å². The Morgan fingerprint density at radius 1 is 1.21 bits per heavy atom. The predicted molar refractivity (Wildman–Crippen MR) is 95.6 cm³/mol. The van der Waals surface area contributed by atoms with E-state index in [1.54, 1.807) is 0 Å². The van der Waals surface area contributed by atoms with E-state index in [0.717, 1.165) is 31.2 Å². The average Bonchev–Trinajstić information content (AvgIpc) is 2.63. The van der Waals surface area contributed by atoms with Crippen molar-refractivity contribution in [3.63, 3.8) is 0 Å². The fraction of sp³-hybridized carbons (Fsp3) is 0.526. The molecule has 2 heterocycles. The van der Waals surface area contributed by atoms with Crippen LogP contribution in [0.15, 0.2) is 24.4 Å². The zero-order valence-corrected chi connectivity index (χ0v) is 13.9. The molecule has 0 unspecified atom stereocenters. The molecule has 5 heteroatoms. The van der Waals surface area contributed by atoms with Crippen molar-refractivity contribution in [2.45, 2.75) is 44.2 Å². The Morgan fingerprint density at radius 2 is 2.04 bits per heavy atom. The second-order valence-corrected chi connectivity index (χ2v) is 6.93. The quantitative estimate of drug-likeness (QED) is 0.803. The molecule has 1 fully saturated rings. The lowest BCUT2D eigenvalue weighted by molar-refractivity contribution is 0.265.